The van der Waals surface area contributed by atoms with E-state index in [0.717, 1.165) is 6.07 Å². The van der Waals surface area contributed by atoms with Crippen molar-refractivity contribution < 1.29 is 22.0 Å². The molecule has 1 atom stereocenters. The lowest BCUT2D eigenvalue weighted by molar-refractivity contribution is -0.183. The average molecular weight is 327 g/mol. The second-order valence-corrected chi connectivity index (χ2v) is 6.15. The Morgan fingerprint density at radius 2 is 1.71 bits per heavy atom. The van der Waals surface area contributed by atoms with Crippen LogP contribution in [0.1, 0.15) is 31.2 Å². The van der Waals surface area contributed by atoms with E-state index in [4.69, 9.17) is 11.6 Å². The second kappa shape index (κ2) is 6.51. The number of halogens is 6. The summed E-state index contributed by atoms with van der Waals surface area (Å²) in [7, 11) is 0. The van der Waals surface area contributed by atoms with Crippen LogP contribution in [0.5, 0.6) is 0 Å². The van der Waals surface area contributed by atoms with Gasteiger partial charge < -0.3 is 0 Å². The fourth-order valence-electron chi connectivity index (χ4n) is 2.89. The summed E-state index contributed by atoms with van der Waals surface area (Å²) >= 11 is 6.21. The van der Waals surface area contributed by atoms with Crippen LogP contribution in [0.4, 0.5) is 22.0 Å². The smallest absolute Gasteiger partial charge is 0.204 e. The molecule has 0 radical (unpaired) electrons. The molecule has 1 unspecified atom stereocenters. The van der Waals surface area contributed by atoms with Gasteiger partial charge in [0.25, 0.3) is 0 Å². The zero-order valence-electron chi connectivity index (χ0n) is 11.3. The van der Waals surface area contributed by atoms with Gasteiger partial charge in [0, 0.05) is 5.38 Å². The first-order valence-electron chi connectivity index (χ1n) is 6.92. The van der Waals surface area contributed by atoms with Gasteiger partial charge in [-0.05, 0) is 49.7 Å². The fraction of sp³-hybridized carbons (Fsp3) is 0.600. The molecule has 0 N–H and O–H groups in total. The standard InChI is InChI=1S/C15H16ClF5/c16-12(8-10-2-1-3-13(17)14(10)18)9-4-6-11(7-5-9)15(19,20)21/h1-3,9,11-12H,4-8H2. The molecule has 1 aliphatic carbocycles. The topological polar surface area (TPSA) is 0 Å². The van der Waals surface area contributed by atoms with Crippen LogP contribution in [0.3, 0.4) is 0 Å². The summed E-state index contributed by atoms with van der Waals surface area (Å²) in [5.41, 5.74) is 0.174. The van der Waals surface area contributed by atoms with Crippen LogP contribution in [-0.4, -0.2) is 11.6 Å². The summed E-state index contributed by atoms with van der Waals surface area (Å²) in [5.74, 6) is -3.21. The van der Waals surface area contributed by atoms with Gasteiger partial charge in [0.2, 0.25) is 0 Å². The molecule has 0 aromatic heterocycles. The molecule has 2 rings (SSSR count). The SMILES string of the molecule is Fc1cccc(CC(Cl)C2CCC(C(F)(F)F)CC2)c1F. The first-order chi connectivity index (χ1) is 9.79. The summed E-state index contributed by atoms with van der Waals surface area (Å²) in [6, 6.07) is 3.88. The summed E-state index contributed by atoms with van der Waals surface area (Å²) < 4.78 is 64.4. The Hall–Kier alpha value is -0.840. The quantitative estimate of drug-likeness (QED) is 0.509. The molecule has 21 heavy (non-hydrogen) atoms. The van der Waals surface area contributed by atoms with Crippen LogP contribution in [0, 0.1) is 23.5 Å². The van der Waals surface area contributed by atoms with Gasteiger partial charge >= 0.3 is 6.18 Å². The number of hydrogen-bond donors (Lipinski definition) is 0. The van der Waals surface area contributed by atoms with E-state index >= 15 is 0 Å². The van der Waals surface area contributed by atoms with Crippen LogP contribution in [-0.2, 0) is 6.42 Å². The molecule has 0 amide bonds. The Morgan fingerprint density at radius 1 is 1.10 bits per heavy atom. The minimum absolute atomic E-state index is 0.0586. The fourth-order valence-corrected chi connectivity index (χ4v) is 3.31. The average Bonchev–Trinajstić information content (AvgIpc) is 2.43. The minimum atomic E-state index is -4.15. The molecular formula is C15H16ClF5. The third-order valence-corrected chi connectivity index (χ3v) is 4.70. The maximum absolute atomic E-state index is 13.6. The van der Waals surface area contributed by atoms with Gasteiger partial charge in [0.15, 0.2) is 11.6 Å². The molecule has 0 spiro atoms. The zero-order chi connectivity index (χ0) is 15.6. The predicted octanol–water partition coefficient (Wildman–Crippen LogP) is 5.48. The van der Waals surface area contributed by atoms with E-state index < -0.39 is 29.1 Å². The highest BCUT2D eigenvalue weighted by molar-refractivity contribution is 6.20. The molecule has 118 valence electrons. The maximum atomic E-state index is 13.6. The zero-order valence-corrected chi connectivity index (χ0v) is 12.0. The Balaban J connectivity index is 1.93. The van der Waals surface area contributed by atoms with Crippen LogP contribution in [0.15, 0.2) is 18.2 Å². The molecule has 1 aromatic carbocycles. The van der Waals surface area contributed by atoms with Crippen molar-refractivity contribution in [3.05, 3.63) is 35.4 Å². The second-order valence-electron chi connectivity index (χ2n) is 5.59. The van der Waals surface area contributed by atoms with Crippen molar-refractivity contribution in [3.8, 4) is 0 Å². The van der Waals surface area contributed by atoms with Gasteiger partial charge in [-0.1, -0.05) is 12.1 Å². The Bertz CT molecular complexity index is 477. The third kappa shape index (κ3) is 4.09. The molecule has 0 nitrogen and oxygen atoms in total. The first kappa shape index (κ1) is 16.5. The van der Waals surface area contributed by atoms with Crippen molar-refractivity contribution in [2.24, 2.45) is 11.8 Å². The van der Waals surface area contributed by atoms with Gasteiger partial charge in [0.05, 0.1) is 5.92 Å². The van der Waals surface area contributed by atoms with Crippen molar-refractivity contribution in [2.45, 2.75) is 43.7 Å². The summed E-state index contributed by atoms with van der Waals surface area (Å²) in [6.45, 7) is 0. The van der Waals surface area contributed by atoms with Crippen molar-refractivity contribution in [2.75, 3.05) is 0 Å². The predicted molar refractivity (Wildman–Crippen MR) is 71.2 cm³/mol. The van der Waals surface area contributed by atoms with Crippen LogP contribution in [0.2, 0.25) is 0 Å². The summed E-state index contributed by atoms with van der Waals surface area (Å²) in [5, 5.41) is -0.476. The number of rotatable bonds is 3. The molecule has 1 saturated carbocycles. The van der Waals surface area contributed by atoms with Gasteiger partial charge in [-0.15, -0.1) is 11.6 Å². The van der Waals surface area contributed by atoms with Crippen molar-refractivity contribution in [3.63, 3.8) is 0 Å². The largest absolute Gasteiger partial charge is 0.391 e. The van der Waals surface area contributed by atoms with E-state index in [9.17, 15) is 22.0 Å². The van der Waals surface area contributed by atoms with Gasteiger partial charge in [-0.2, -0.15) is 13.2 Å². The monoisotopic (exact) mass is 326 g/mol. The lowest BCUT2D eigenvalue weighted by Crippen LogP contribution is -2.31. The molecule has 1 aromatic rings. The van der Waals surface area contributed by atoms with Gasteiger partial charge in [0.1, 0.15) is 0 Å². The number of alkyl halides is 4. The lowest BCUT2D eigenvalue weighted by Gasteiger charge is -2.32. The normalized spacial score (nSPS) is 24.9. The Labute approximate surface area is 125 Å². The Morgan fingerprint density at radius 3 is 2.29 bits per heavy atom. The molecular weight excluding hydrogens is 311 g/mol. The molecule has 1 fully saturated rings. The van der Waals surface area contributed by atoms with Gasteiger partial charge in [-0.3, -0.25) is 0 Å². The highest BCUT2D eigenvalue weighted by Crippen LogP contribution is 2.41. The van der Waals surface area contributed by atoms with Crippen LogP contribution >= 0.6 is 11.6 Å². The first-order valence-corrected chi connectivity index (χ1v) is 7.36. The van der Waals surface area contributed by atoms with Crippen LogP contribution in [0.25, 0.3) is 0 Å². The van der Waals surface area contributed by atoms with E-state index in [-0.39, 0.29) is 30.7 Å². The number of benzene rings is 1. The highest BCUT2D eigenvalue weighted by atomic mass is 35.5. The third-order valence-electron chi connectivity index (χ3n) is 4.19. The van der Waals surface area contributed by atoms with Crippen molar-refractivity contribution in [1.29, 1.82) is 0 Å². The minimum Gasteiger partial charge on any atom is -0.204 e. The summed E-state index contributed by atoms with van der Waals surface area (Å²) in [6.07, 6.45) is -3.16. The molecule has 6 heteroatoms. The van der Waals surface area contributed by atoms with Crippen LogP contribution < -0.4 is 0 Å². The van der Waals surface area contributed by atoms with E-state index in [1.54, 1.807) is 0 Å². The summed E-state index contributed by atoms with van der Waals surface area (Å²) in [4.78, 5) is 0. The molecule has 0 heterocycles. The van der Waals surface area contributed by atoms with E-state index in [0.29, 0.717) is 12.8 Å². The van der Waals surface area contributed by atoms with E-state index in [1.807, 2.05) is 0 Å². The van der Waals surface area contributed by atoms with Gasteiger partial charge in [-0.25, -0.2) is 8.78 Å². The number of hydrogen-bond acceptors (Lipinski definition) is 0. The molecule has 0 bridgehead atoms. The van der Waals surface area contributed by atoms with Crippen molar-refractivity contribution >= 4 is 11.6 Å². The van der Waals surface area contributed by atoms with E-state index in [2.05, 4.69) is 0 Å². The van der Waals surface area contributed by atoms with E-state index in [1.165, 1.54) is 12.1 Å². The molecule has 0 aliphatic heterocycles. The lowest BCUT2D eigenvalue weighted by atomic mass is 9.79. The highest BCUT2D eigenvalue weighted by Gasteiger charge is 2.42. The molecule has 0 saturated heterocycles. The Kier molecular flexibility index (Phi) is 5.12. The molecule has 1 aliphatic rings. The van der Waals surface area contributed by atoms with Crippen molar-refractivity contribution in [1.82, 2.24) is 0 Å². The maximum Gasteiger partial charge on any atom is 0.391 e.